The van der Waals surface area contributed by atoms with Crippen LogP contribution in [0.4, 0.5) is 17.1 Å². The number of nitrogens with one attached hydrogen (secondary N) is 2. The Hall–Kier alpha value is -2.65. The molecule has 0 amide bonds. The first-order chi connectivity index (χ1) is 12.3. The standard InChI is InChI=1S/C21H22ClN3/c22-18-11-13-20(14-12-18)24-17-25(21-9-5-2-6-10-21)16-15-23-19-7-3-1-4-8-19/h1-14,23-24H,15-17H2. The van der Waals surface area contributed by atoms with E-state index in [1.54, 1.807) is 0 Å². The third kappa shape index (κ3) is 5.44. The summed E-state index contributed by atoms with van der Waals surface area (Å²) >= 11 is 5.95. The Labute approximate surface area is 154 Å². The zero-order chi connectivity index (χ0) is 17.3. The second kappa shape index (κ2) is 9.00. The highest BCUT2D eigenvalue weighted by atomic mass is 35.5. The molecule has 4 heteroatoms. The van der Waals surface area contributed by atoms with Gasteiger partial charge in [-0.15, -0.1) is 0 Å². The van der Waals surface area contributed by atoms with Crippen molar-refractivity contribution in [1.29, 1.82) is 0 Å². The zero-order valence-electron chi connectivity index (χ0n) is 14.0. The lowest BCUT2D eigenvalue weighted by Crippen LogP contribution is -2.33. The Balaban J connectivity index is 1.60. The van der Waals surface area contributed by atoms with Gasteiger partial charge in [0.05, 0.1) is 6.67 Å². The molecule has 0 fully saturated rings. The Bertz CT molecular complexity index is 745. The van der Waals surface area contributed by atoms with Gasteiger partial charge in [0.1, 0.15) is 0 Å². The maximum atomic E-state index is 5.95. The fraction of sp³-hybridized carbons (Fsp3) is 0.143. The van der Waals surface area contributed by atoms with E-state index in [-0.39, 0.29) is 0 Å². The summed E-state index contributed by atoms with van der Waals surface area (Å²) in [5, 5.41) is 7.67. The van der Waals surface area contributed by atoms with E-state index in [4.69, 9.17) is 11.6 Å². The Morgan fingerprint density at radius 2 is 1.28 bits per heavy atom. The van der Waals surface area contributed by atoms with Crippen molar-refractivity contribution < 1.29 is 0 Å². The van der Waals surface area contributed by atoms with Gasteiger partial charge in [-0.3, -0.25) is 0 Å². The first-order valence-corrected chi connectivity index (χ1v) is 8.77. The van der Waals surface area contributed by atoms with Crippen molar-refractivity contribution in [2.75, 3.05) is 35.3 Å². The molecule has 25 heavy (non-hydrogen) atoms. The smallest absolute Gasteiger partial charge is 0.0877 e. The molecule has 0 heterocycles. The van der Waals surface area contributed by atoms with Gasteiger partial charge in [0.15, 0.2) is 0 Å². The van der Waals surface area contributed by atoms with Crippen LogP contribution >= 0.6 is 11.6 Å². The molecule has 0 atom stereocenters. The van der Waals surface area contributed by atoms with Gasteiger partial charge >= 0.3 is 0 Å². The quantitative estimate of drug-likeness (QED) is 0.537. The summed E-state index contributed by atoms with van der Waals surface area (Å²) in [4.78, 5) is 2.31. The Kier molecular flexibility index (Phi) is 6.18. The van der Waals surface area contributed by atoms with Crippen molar-refractivity contribution in [3.05, 3.63) is 90.0 Å². The summed E-state index contributed by atoms with van der Waals surface area (Å²) in [5.74, 6) is 0. The van der Waals surface area contributed by atoms with Crippen LogP contribution in [0.5, 0.6) is 0 Å². The predicted octanol–water partition coefficient (Wildman–Crippen LogP) is 5.33. The molecule has 3 aromatic carbocycles. The summed E-state index contributed by atoms with van der Waals surface area (Å²) in [6.07, 6.45) is 0. The maximum Gasteiger partial charge on any atom is 0.0877 e. The van der Waals surface area contributed by atoms with E-state index in [2.05, 4.69) is 51.9 Å². The van der Waals surface area contributed by atoms with Gasteiger partial charge in [0.2, 0.25) is 0 Å². The highest BCUT2D eigenvalue weighted by Gasteiger charge is 2.06. The van der Waals surface area contributed by atoms with Crippen molar-refractivity contribution in [3.63, 3.8) is 0 Å². The number of nitrogens with zero attached hydrogens (tertiary/aromatic N) is 1. The number of anilines is 3. The van der Waals surface area contributed by atoms with Gasteiger partial charge in [-0.25, -0.2) is 0 Å². The lowest BCUT2D eigenvalue weighted by Gasteiger charge is -2.26. The van der Waals surface area contributed by atoms with Crippen LogP contribution in [0.25, 0.3) is 0 Å². The SMILES string of the molecule is Clc1ccc(NCN(CCNc2ccccc2)c2ccccc2)cc1. The predicted molar refractivity (Wildman–Crippen MR) is 109 cm³/mol. The molecule has 0 unspecified atom stereocenters. The van der Waals surface area contributed by atoms with Crippen LogP contribution in [0, 0.1) is 0 Å². The molecule has 0 aromatic heterocycles. The van der Waals surface area contributed by atoms with Crippen molar-refractivity contribution in [3.8, 4) is 0 Å². The first kappa shape index (κ1) is 17.2. The second-order valence-electron chi connectivity index (χ2n) is 5.73. The highest BCUT2D eigenvalue weighted by Crippen LogP contribution is 2.16. The van der Waals surface area contributed by atoms with Gasteiger partial charge < -0.3 is 15.5 Å². The van der Waals surface area contributed by atoms with Gasteiger partial charge in [0, 0.05) is 35.2 Å². The number of para-hydroxylation sites is 2. The minimum Gasteiger partial charge on any atom is -0.383 e. The molecule has 3 aromatic rings. The minimum absolute atomic E-state index is 0.724. The van der Waals surface area contributed by atoms with Gasteiger partial charge in [0.25, 0.3) is 0 Å². The van der Waals surface area contributed by atoms with E-state index in [9.17, 15) is 0 Å². The van der Waals surface area contributed by atoms with Crippen molar-refractivity contribution in [1.82, 2.24) is 0 Å². The molecule has 0 aliphatic carbocycles. The molecule has 128 valence electrons. The number of hydrogen-bond donors (Lipinski definition) is 2. The van der Waals surface area contributed by atoms with Crippen molar-refractivity contribution in [2.45, 2.75) is 0 Å². The van der Waals surface area contributed by atoms with Crippen molar-refractivity contribution in [2.24, 2.45) is 0 Å². The normalized spacial score (nSPS) is 10.3. The molecule has 0 radical (unpaired) electrons. The van der Waals surface area contributed by atoms with E-state index in [1.807, 2.05) is 48.5 Å². The molecular formula is C21H22ClN3. The minimum atomic E-state index is 0.724. The lowest BCUT2D eigenvalue weighted by atomic mass is 10.3. The van der Waals surface area contributed by atoms with Crippen LogP contribution in [0.1, 0.15) is 0 Å². The van der Waals surface area contributed by atoms with E-state index in [0.717, 1.165) is 36.2 Å². The number of halogens is 1. The molecule has 3 nitrogen and oxygen atoms in total. The van der Waals surface area contributed by atoms with E-state index >= 15 is 0 Å². The zero-order valence-corrected chi connectivity index (χ0v) is 14.8. The lowest BCUT2D eigenvalue weighted by molar-refractivity contribution is 0.842. The van der Waals surface area contributed by atoms with E-state index < -0.39 is 0 Å². The molecule has 0 spiro atoms. The van der Waals surface area contributed by atoms with Crippen LogP contribution < -0.4 is 15.5 Å². The third-order valence-corrected chi connectivity index (χ3v) is 4.18. The van der Waals surface area contributed by atoms with Crippen LogP contribution in [0.3, 0.4) is 0 Å². The Morgan fingerprint density at radius 3 is 1.96 bits per heavy atom. The molecule has 0 saturated carbocycles. The highest BCUT2D eigenvalue weighted by molar-refractivity contribution is 6.30. The topological polar surface area (TPSA) is 27.3 Å². The molecule has 0 aliphatic heterocycles. The summed E-state index contributed by atoms with van der Waals surface area (Å²) < 4.78 is 0. The molecule has 2 N–H and O–H groups in total. The molecule has 3 rings (SSSR count). The first-order valence-electron chi connectivity index (χ1n) is 8.39. The number of rotatable bonds is 8. The fourth-order valence-corrected chi connectivity index (χ4v) is 2.71. The average Bonchev–Trinajstić information content (AvgIpc) is 2.67. The number of benzene rings is 3. The van der Waals surface area contributed by atoms with E-state index in [1.165, 1.54) is 5.69 Å². The van der Waals surface area contributed by atoms with Gasteiger partial charge in [-0.05, 0) is 48.5 Å². The summed E-state index contributed by atoms with van der Waals surface area (Å²) in [6.45, 7) is 2.48. The second-order valence-corrected chi connectivity index (χ2v) is 6.17. The summed E-state index contributed by atoms with van der Waals surface area (Å²) in [7, 11) is 0. The fourth-order valence-electron chi connectivity index (χ4n) is 2.58. The van der Waals surface area contributed by atoms with Crippen LogP contribution in [-0.4, -0.2) is 19.8 Å². The van der Waals surface area contributed by atoms with Crippen LogP contribution in [-0.2, 0) is 0 Å². The van der Waals surface area contributed by atoms with Crippen molar-refractivity contribution >= 4 is 28.7 Å². The number of hydrogen-bond acceptors (Lipinski definition) is 3. The molecular weight excluding hydrogens is 330 g/mol. The molecule has 0 aliphatic rings. The largest absolute Gasteiger partial charge is 0.383 e. The van der Waals surface area contributed by atoms with Gasteiger partial charge in [-0.1, -0.05) is 48.0 Å². The Morgan fingerprint density at radius 1 is 0.680 bits per heavy atom. The monoisotopic (exact) mass is 351 g/mol. The third-order valence-electron chi connectivity index (χ3n) is 3.92. The average molecular weight is 352 g/mol. The van der Waals surface area contributed by atoms with E-state index in [0.29, 0.717) is 0 Å². The maximum absolute atomic E-state index is 5.95. The molecule has 0 bridgehead atoms. The van der Waals surface area contributed by atoms with Crippen LogP contribution in [0.2, 0.25) is 5.02 Å². The molecule has 0 saturated heterocycles. The van der Waals surface area contributed by atoms with Gasteiger partial charge in [-0.2, -0.15) is 0 Å². The summed E-state index contributed by atoms with van der Waals surface area (Å²) in [6, 6.07) is 28.5. The summed E-state index contributed by atoms with van der Waals surface area (Å²) in [5.41, 5.74) is 3.39. The van der Waals surface area contributed by atoms with Crippen LogP contribution in [0.15, 0.2) is 84.9 Å².